The fourth-order valence-electron chi connectivity index (χ4n) is 2.11. The van der Waals surface area contributed by atoms with Gasteiger partial charge in [-0.3, -0.25) is 10.1 Å². The normalized spacial score (nSPS) is 10.3. The number of halogens is 1. The molecule has 2 aromatic carbocycles. The predicted molar refractivity (Wildman–Crippen MR) is 84.4 cm³/mol. The molecule has 0 unspecified atom stereocenters. The van der Waals surface area contributed by atoms with Gasteiger partial charge < -0.3 is 11.1 Å². The second kappa shape index (κ2) is 5.50. The summed E-state index contributed by atoms with van der Waals surface area (Å²) in [7, 11) is 0. The van der Waals surface area contributed by atoms with Crippen LogP contribution in [0.5, 0.6) is 0 Å². The Morgan fingerprint density at radius 1 is 1.25 bits per heavy atom. The average Bonchev–Trinajstić information content (AvgIpc) is 2.33. The highest BCUT2D eigenvalue weighted by molar-refractivity contribution is 9.10. The van der Waals surface area contributed by atoms with E-state index >= 15 is 0 Å². The predicted octanol–water partition coefficient (Wildman–Crippen LogP) is 4.30. The lowest BCUT2D eigenvalue weighted by Crippen LogP contribution is -2.02. The first-order valence-corrected chi connectivity index (χ1v) is 6.76. The SMILES string of the molecule is Cc1cc(Br)cc(C)c1Nc1cccc(N)c1[N+](=O)[O-]. The summed E-state index contributed by atoms with van der Waals surface area (Å²) < 4.78 is 0.972. The van der Waals surface area contributed by atoms with E-state index in [0.717, 1.165) is 21.3 Å². The third-order valence-corrected chi connectivity index (χ3v) is 3.46. The third kappa shape index (κ3) is 2.75. The highest BCUT2D eigenvalue weighted by atomic mass is 79.9. The van der Waals surface area contributed by atoms with E-state index < -0.39 is 4.92 Å². The van der Waals surface area contributed by atoms with Crippen LogP contribution in [0.1, 0.15) is 11.1 Å². The lowest BCUT2D eigenvalue weighted by Gasteiger charge is -2.14. The van der Waals surface area contributed by atoms with E-state index in [1.165, 1.54) is 6.07 Å². The Balaban J connectivity index is 2.51. The van der Waals surface area contributed by atoms with Crippen LogP contribution in [0.2, 0.25) is 0 Å². The molecule has 0 radical (unpaired) electrons. The van der Waals surface area contributed by atoms with Crippen LogP contribution < -0.4 is 11.1 Å². The van der Waals surface area contributed by atoms with Crippen LogP contribution >= 0.6 is 15.9 Å². The van der Waals surface area contributed by atoms with Gasteiger partial charge in [-0.05, 0) is 49.2 Å². The highest BCUT2D eigenvalue weighted by Gasteiger charge is 2.18. The topological polar surface area (TPSA) is 81.2 Å². The van der Waals surface area contributed by atoms with Gasteiger partial charge in [-0.15, -0.1) is 0 Å². The fraction of sp³-hybridized carbons (Fsp3) is 0.143. The van der Waals surface area contributed by atoms with Crippen molar-refractivity contribution in [2.24, 2.45) is 0 Å². The fourth-order valence-corrected chi connectivity index (χ4v) is 2.80. The molecule has 3 N–H and O–H groups in total. The zero-order chi connectivity index (χ0) is 14.9. The number of aryl methyl sites for hydroxylation is 2. The van der Waals surface area contributed by atoms with Crippen molar-refractivity contribution in [3.05, 3.63) is 56.0 Å². The number of nitrogen functional groups attached to an aromatic ring is 1. The molecule has 2 aromatic rings. The number of hydrogen-bond acceptors (Lipinski definition) is 4. The van der Waals surface area contributed by atoms with Crippen molar-refractivity contribution in [2.45, 2.75) is 13.8 Å². The summed E-state index contributed by atoms with van der Waals surface area (Å²) >= 11 is 3.43. The van der Waals surface area contributed by atoms with Gasteiger partial charge in [0.15, 0.2) is 0 Å². The minimum Gasteiger partial charge on any atom is -0.393 e. The Hall–Kier alpha value is -2.08. The molecule has 20 heavy (non-hydrogen) atoms. The van der Waals surface area contributed by atoms with E-state index in [1.54, 1.807) is 12.1 Å². The zero-order valence-corrected chi connectivity index (χ0v) is 12.7. The molecule has 0 spiro atoms. The van der Waals surface area contributed by atoms with E-state index in [-0.39, 0.29) is 11.4 Å². The Labute approximate surface area is 125 Å². The molecule has 0 amide bonds. The van der Waals surface area contributed by atoms with Gasteiger partial charge in [0.25, 0.3) is 0 Å². The van der Waals surface area contributed by atoms with E-state index in [9.17, 15) is 10.1 Å². The molecule has 0 aromatic heterocycles. The molecular formula is C14H14BrN3O2. The average molecular weight is 336 g/mol. The van der Waals surface area contributed by atoms with Crippen molar-refractivity contribution in [1.82, 2.24) is 0 Å². The Kier molecular flexibility index (Phi) is 3.94. The quantitative estimate of drug-likeness (QED) is 0.497. The second-order valence-electron chi connectivity index (χ2n) is 4.54. The van der Waals surface area contributed by atoms with Crippen LogP contribution in [0.25, 0.3) is 0 Å². The summed E-state index contributed by atoms with van der Waals surface area (Å²) in [6, 6.07) is 8.76. The van der Waals surface area contributed by atoms with Gasteiger partial charge >= 0.3 is 5.69 Å². The maximum atomic E-state index is 11.1. The zero-order valence-electron chi connectivity index (χ0n) is 11.1. The van der Waals surface area contributed by atoms with Crippen LogP contribution in [0, 0.1) is 24.0 Å². The molecule has 104 valence electrons. The summed E-state index contributed by atoms with van der Waals surface area (Å²) in [5, 5.41) is 14.3. The lowest BCUT2D eigenvalue weighted by molar-refractivity contribution is -0.383. The maximum Gasteiger partial charge on any atom is 0.315 e. The van der Waals surface area contributed by atoms with Gasteiger partial charge in [-0.1, -0.05) is 22.0 Å². The first kappa shape index (κ1) is 14.3. The molecule has 0 bridgehead atoms. The minimum absolute atomic E-state index is 0.103. The number of nitrogens with two attached hydrogens (primary N) is 1. The number of nitrogens with zero attached hydrogens (tertiary/aromatic N) is 1. The maximum absolute atomic E-state index is 11.1. The first-order valence-electron chi connectivity index (χ1n) is 5.97. The molecule has 0 atom stereocenters. The molecule has 0 saturated heterocycles. The molecule has 0 fully saturated rings. The number of para-hydroxylation sites is 1. The Bertz CT molecular complexity index is 663. The minimum atomic E-state index is -0.471. The second-order valence-corrected chi connectivity index (χ2v) is 5.46. The van der Waals surface area contributed by atoms with Gasteiger partial charge in [-0.25, -0.2) is 0 Å². The van der Waals surface area contributed by atoms with Crippen molar-refractivity contribution >= 4 is 38.7 Å². The molecule has 6 heteroatoms. The number of hydrogen-bond donors (Lipinski definition) is 2. The number of benzene rings is 2. The van der Waals surface area contributed by atoms with Gasteiger partial charge in [0, 0.05) is 10.2 Å². The Morgan fingerprint density at radius 3 is 2.40 bits per heavy atom. The molecule has 2 rings (SSSR count). The smallest absolute Gasteiger partial charge is 0.315 e. The van der Waals surface area contributed by atoms with Crippen molar-refractivity contribution in [3.8, 4) is 0 Å². The van der Waals surface area contributed by atoms with Gasteiger partial charge in [0.1, 0.15) is 11.4 Å². The lowest BCUT2D eigenvalue weighted by atomic mass is 10.1. The van der Waals surface area contributed by atoms with E-state index in [0.29, 0.717) is 5.69 Å². The Morgan fingerprint density at radius 2 is 1.85 bits per heavy atom. The van der Waals surface area contributed by atoms with Crippen molar-refractivity contribution in [1.29, 1.82) is 0 Å². The van der Waals surface area contributed by atoms with Crippen molar-refractivity contribution in [3.63, 3.8) is 0 Å². The van der Waals surface area contributed by atoms with Crippen LogP contribution in [-0.2, 0) is 0 Å². The first-order chi connectivity index (χ1) is 9.40. The van der Waals surface area contributed by atoms with E-state index in [4.69, 9.17) is 5.73 Å². The van der Waals surface area contributed by atoms with Crippen LogP contribution in [0.4, 0.5) is 22.7 Å². The summed E-state index contributed by atoms with van der Waals surface area (Å²) in [5.74, 6) is 0. The molecular weight excluding hydrogens is 322 g/mol. The van der Waals surface area contributed by atoms with E-state index in [1.807, 2.05) is 26.0 Å². The summed E-state index contributed by atoms with van der Waals surface area (Å²) in [6.45, 7) is 3.89. The summed E-state index contributed by atoms with van der Waals surface area (Å²) in [4.78, 5) is 10.7. The molecule has 0 heterocycles. The summed E-state index contributed by atoms with van der Waals surface area (Å²) in [5.41, 5.74) is 8.96. The van der Waals surface area contributed by atoms with Gasteiger partial charge in [0.2, 0.25) is 0 Å². The van der Waals surface area contributed by atoms with E-state index in [2.05, 4.69) is 21.2 Å². The van der Waals surface area contributed by atoms with Gasteiger partial charge in [0.05, 0.1) is 4.92 Å². The van der Waals surface area contributed by atoms with Crippen molar-refractivity contribution < 1.29 is 4.92 Å². The molecule has 0 saturated carbocycles. The summed E-state index contributed by atoms with van der Waals surface area (Å²) in [6.07, 6.45) is 0. The van der Waals surface area contributed by atoms with Crippen molar-refractivity contribution in [2.75, 3.05) is 11.1 Å². The van der Waals surface area contributed by atoms with Crippen LogP contribution in [-0.4, -0.2) is 4.92 Å². The number of anilines is 3. The monoisotopic (exact) mass is 335 g/mol. The molecule has 0 aliphatic heterocycles. The molecule has 0 aliphatic rings. The van der Waals surface area contributed by atoms with Crippen LogP contribution in [0.15, 0.2) is 34.8 Å². The largest absolute Gasteiger partial charge is 0.393 e. The number of nitro benzene ring substituents is 1. The highest BCUT2D eigenvalue weighted by Crippen LogP contribution is 2.35. The number of nitro groups is 1. The van der Waals surface area contributed by atoms with Gasteiger partial charge in [-0.2, -0.15) is 0 Å². The number of rotatable bonds is 3. The third-order valence-electron chi connectivity index (χ3n) is 3.01. The standard InChI is InChI=1S/C14H14BrN3O2/c1-8-6-10(15)7-9(2)13(8)17-12-5-3-4-11(16)14(12)18(19)20/h3-7,17H,16H2,1-2H3. The molecule has 0 aliphatic carbocycles. The number of nitrogens with one attached hydrogen (secondary N) is 1. The molecule has 5 nitrogen and oxygen atoms in total. The van der Waals surface area contributed by atoms with Crippen LogP contribution in [0.3, 0.4) is 0 Å².